The second-order valence-electron chi connectivity index (χ2n) is 4.76. The molecule has 0 saturated carbocycles. The average molecular weight is 385 g/mol. The lowest BCUT2D eigenvalue weighted by Gasteiger charge is -2.11. The molecule has 0 heterocycles. The van der Waals surface area contributed by atoms with Crippen LogP contribution >= 0.6 is 23.2 Å². The maximum atomic E-state index is 12.5. The highest BCUT2D eigenvalue weighted by molar-refractivity contribution is 7.92. The summed E-state index contributed by atoms with van der Waals surface area (Å²) < 4.78 is 27.3. The van der Waals surface area contributed by atoms with Crippen LogP contribution in [-0.4, -0.2) is 20.9 Å². The molecule has 0 fully saturated rings. The third-order valence-corrected chi connectivity index (χ3v) is 5.06. The highest BCUT2D eigenvalue weighted by Crippen LogP contribution is 2.27. The fourth-order valence-corrected chi connectivity index (χ4v) is 3.70. The third kappa shape index (κ3) is 4.50. The van der Waals surface area contributed by atoms with Gasteiger partial charge in [0, 0.05) is 22.8 Å². The van der Waals surface area contributed by atoms with Crippen LogP contribution in [0, 0.1) is 0 Å². The SMILES string of the molecule is C=CCNC(=O)c1cccc(NS(=O)(=O)c2cc(Cl)ccc2Cl)c1. The molecule has 24 heavy (non-hydrogen) atoms. The summed E-state index contributed by atoms with van der Waals surface area (Å²) in [6.07, 6.45) is 1.55. The number of amides is 1. The number of rotatable bonds is 6. The van der Waals surface area contributed by atoms with Gasteiger partial charge in [0.25, 0.3) is 15.9 Å². The minimum Gasteiger partial charge on any atom is -0.349 e. The lowest BCUT2D eigenvalue weighted by molar-refractivity contribution is 0.0958. The molecule has 2 rings (SSSR count). The first kappa shape index (κ1) is 18.3. The van der Waals surface area contributed by atoms with E-state index in [9.17, 15) is 13.2 Å². The Morgan fingerprint density at radius 1 is 1.17 bits per heavy atom. The van der Waals surface area contributed by atoms with Crippen LogP contribution in [0.15, 0.2) is 60.0 Å². The predicted molar refractivity (Wildman–Crippen MR) is 96.2 cm³/mol. The molecular weight excluding hydrogens is 371 g/mol. The summed E-state index contributed by atoms with van der Waals surface area (Å²) in [5.41, 5.74) is 0.548. The first-order valence-corrected chi connectivity index (χ1v) is 9.04. The van der Waals surface area contributed by atoms with E-state index in [1.807, 2.05) is 0 Å². The molecule has 0 bridgehead atoms. The van der Waals surface area contributed by atoms with E-state index in [1.165, 1.54) is 30.3 Å². The van der Waals surface area contributed by atoms with Crippen LogP contribution in [0.1, 0.15) is 10.4 Å². The van der Waals surface area contributed by atoms with Crippen molar-refractivity contribution in [3.05, 3.63) is 70.7 Å². The highest BCUT2D eigenvalue weighted by Gasteiger charge is 2.19. The number of hydrogen-bond donors (Lipinski definition) is 2. The molecule has 1 amide bonds. The van der Waals surface area contributed by atoms with Gasteiger partial charge >= 0.3 is 0 Å². The van der Waals surface area contributed by atoms with Crippen molar-refractivity contribution in [2.24, 2.45) is 0 Å². The van der Waals surface area contributed by atoms with Crippen molar-refractivity contribution in [1.82, 2.24) is 5.32 Å². The summed E-state index contributed by atoms with van der Waals surface area (Å²) in [6.45, 7) is 3.82. The van der Waals surface area contributed by atoms with Crippen LogP contribution < -0.4 is 10.0 Å². The summed E-state index contributed by atoms with van der Waals surface area (Å²) >= 11 is 11.8. The smallest absolute Gasteiger partial charge is 0.263 e. The number of carbonyl (C=O) groups is 1. The van der Waals surface area contributed by atoms with Gasteiger partial charge in [-0.25, -0.2) is 8.42 Å². The molecule has 0 aromatic heterocycles. The Morgan fingerprint density at radius 2 is 1.92 bits per heavy atom. The van der Waals surface area contributed by atoms with Crippen LogP contribution in [0.25, 0.3) is 0 Å². The fraction of sp³-hybridized carbons (Fsp3) is 0.0625. The lowest BCUT2D eigenvalue weighted by atomic mass is 10.2. The third-order valence-electron chi connectivity index (χ3n) is 2.97. The van der Waals surface area contributed by atoms with E-state index >= 15 is 0 Å². The standard InChI is InChI=1S/C16H14Cl2N2O3S/c1-2-8-19-16(21)11-4-3-5-13(9-11)20-24(22,23)15-10-12(17)6-7-14(15)18/h2-7,9-10,20H,1,8H2,(H,19,21). The van der Waals surface area contributed by atoms with Crippen LogP contribution in [0.2, 0.25) is 10.0 Å². The number of anilines is 1. The van der Waals surface area contributed by atoms with Crippen molar-refractivity contribution in [3.63, 3.8) is 0 Å². The van der Waals surface area contributed by atoms with Gasteiger partial charge in [0.2, 0.25) is 0 Å². The average Bonchev–Trinajstić information content (AvgIpc) is 2.54. The highest BCUT2D eigenvalue weighted by atomic mass is 35.5. The molecule has 0 spiro atoms. The molecule has 0 aliphatic carbocycles. The van der Waals surface area contributed by atoms with E-state index in [-0.39, 0.29) is 26.5 Å². The fourth-order valence-electron chi connectivity index (χ4n) is 1.88. The predicted octanol–water partition coefficient (Wildman–Crippen LogP) is 3.71. The Morgan fingerprint density at radius 3 is 2.62 bits per heavy atom. The van der Waals surface area contributed by atoms with Gasteiger partial charge in [-0.2, -0.15) is 0 Å². The summed E-state index contributed by atoms with van der Waals surface area (Å²) in [5, 5.41) is 2.91. The molecule has 126 valence electrons. The van der Waals surface area contributed by atoms with Crippen molar-refractivity contribution in [2.45, 2.75) is 4.90 Å². The zero-order valence-electron chi connectivity index (χ0n) is 12.4. The number of halogens is 2. The van der Waals surface area contributed by atoms with Crippen LogP contribution in [-0.2, 0) is 10.0 Å². The topological polar surface area (TPSA) is 75.3 Å². The summed E-state index contributed by atoms with van der Waals surface area (Å²) in [6, 6.07) is 10.2. The number of sulfonamides is 1. The van der Waals surface area contributed by atoms with Gasteiger partial charge in [0.15, 0.2) is 0 Å². The van der Waals surface area contributed by atoms with E-state index in [2.05, 4.69) is 16.6 Å². The molecule has 8 heteroatoms. The van der Waals surface area contributed by atoms with Crippen LogP contribution in [0.3, 0.4) is 0 Å². The van der Waals surface area contributed by atoms with Gasteiger partial charge in [-0.1, -0.05) is 35.3 Å². The zero-order valence-corrected chi connectivity index (χ0v) is 14.8. The lowest BCUT2D eigenvalue weighted by Crippen LogP contribution is -2.23. The maximum absolute atomic E-state index is 12.5. The second kappa shape index (κ2) is 7.70. The Kier molecular flexibility index (Phi) is 5.88. The summed E-state index contributed by atoms with van der Waals surface area (Å²) in [4.78, 5) is 11.8. The molecule has 0 aliphatic rings. The molecule has 5 nitrogen and oxygen atoms in total. The Hall–Kier alpha value is -2.02. The summed E-state index contributed by atoms with van der Waals surface area (Å²) in [5.74, 6) is -0.336. The molecule has 2 aromatic rings. The molecule has 2 aromatic carbocycles. The van der Waals surface area contributed by atoms with Crippen molar-refractivity contribution < 1.29 is 13.2 Å². The van der Waals surface area contributed by atoms with Gasteiger partial charge in [-0.15, -0.1) is 6.58 Å². The minimum absolute atomic E-state index is 0.0479. The van der Waals surface area contributed by atoms with Gasteiger partial charge in [0.05, 0.1) is 5.02 Å². The molecule has 2 N–H and O–H groups in total. The van der Waals surface area contributed by atoms with Crippen molar-refractivity contribution in [2.75, 3.05) is 11.3 Å². The minimum atomic E-state index is -3.94. The van der Waals surface area contributed by atoms with Crippen LogP contribution in [0.5, 0.6) is 0 Å². The Balaban J connectivity index is 2.28. The number of hydrogen-bond acceptors (Lipinski definition) is 3. The van der Waals surface area contributed by atoms with Crippen molar-refractivity contribution >= 4 is 44.8 Å². The molecule has 0 aliphatic heterocycles. The number of nitrogens with one attached hydrogen (secondary N) is 2. The second-order valence-corrected chi connectivity index (χ2v) is 7.25. The van der Waals surface area contributed by atoms with Gasteiger partial charge in [0.1, 0.15) is 4.90 Å². The van der Waals surface area contributed by atoms with E-state index in [4.69, 9.17) is 23.2 Å². The van der Waals surface area contributed by atoms with E-state index in [0.29, 0.717) is 12.1 Å². The maximum Gasteiger partial charge on any atom is 0.263 e. The molecule has 0 radical (unpaired) electrons. The first-order chi connectivity index (χ1) is 11.3. The monoisotopic (exact) mass is 384 g/mol. The zero-order chi connectivity index (χ0) is 17.7. The molecular formula is C16H14Cl2N2O3S. The van der Waals surface area contributed by atoms with Gasteiger partial charge in [-0.05, 0) is 36.4 Å². The van der Waals surface area contributed by atoms with Crippen molar-refractivity contribution in [1.29, 1.82) is 0 Å². The number of carbonyl (C=O) groups excluding carboxylic acids is 1. The molecule has 0 atom stereocenters. The van der Waals surface area contributed by atoms with E-state index in [0.717, 1.165) is 0 Å². The van der Waals surface area contributed by atoms with E-state index < -0.39 is 10.0 Å². The van der Waals surface area contributed by atoms with Crippen LogP contribution in [0.4, 0.5) is 5.69 Å². The largest absolute Gasteiger partial charge is 0.349 e. The van der Waals surface area contributed by atoms with Crippen molar-refractivity contribution in [3.8, 4) is 0 Å². The quantitative estimate of drug-likeness (QED) is 0.745. The normalized spacial score (nSPS) is 10.9. The Labute approximate surface area is 150 Å². The van der Waals surface area contributed by atoms with Gasteiger partial charge < -0.3 is 5.32 Å². The molecule has 0 saturated heterocycles. The molecule has 0 unspecified atom stereocenters. The number of benzene rings is 2. The van der Waals surface area contributed by atoms with Gasteiger partial charge in [-0.3, -0.25) is 9.52 Å². The van der Waals surface area contributed by atoms with E-state index in [1.54, 1.807) is 18.2 Å². The first-order valence-electron chi connectivity index (χ1n) is 6.80. The summed E-state index contributed by atoms with van der Waals surface area (Å²) in [7, 11) is -3.94. The Bertz CT molecular complexity index is 883.